The van der Waals surface area contributed by atoms with Crippen molar-refractivity contribution in [2.45, 2.75) is 19.3 Å². The van der Waals surface area contributed by atoms with Crippen molar-refractivity contribution >= 4 is 5.90 Å². The van der Waals surface area contributed by atoms with E-state index in [1.165, 1.54) is 12.0 Å². The fraction of sp³-hybridized carbons (Fsp3) is 0.462. The molecule has 15 heavy (non-hydrogen) atoms. The summed E-state index contributed by atoms with van der Waals surface area (Å²) in [6.45, 7) is 0.917. The number of nitrogens with zero attached hydrogens (tertiary/aromatic N) is 1. The standard InChI is InChI=1S/C13H17NO/c1-15-13-10-12(7-8-14-13)9-11-5-3-2-4-6-11/h2-6,12H,7-10H2,1H3. The van der Waals surface area contributed by atoms with E-state index in [2.05, 4.69) is 35.3 Å². The van der Waals surface area contributed by atoms with E-state index in [4.69, 9.17) is 4.74 Å². The Bertz CT molecular complexity index is 332. The van der Waals surface area contributed by atoms with Crippen LogP contribution in [-0.4, -0.2) is 19.6 Å². The quantitative estimate of drug-likeness (QED) is 0.724. The molecule has 1 aromatic carbocycles. The second-order valence-corrected chi connectivity index (χ2v) is 4.03. The molecular formula is C13H17NO. The van der Waals surface area contributed by atoms with Gasteiger partial charge in [-0.3, -0.25) is 4.99 Å². The van der Waals surface area contributed by atoms with Gasteiger partial charge in [-0.2, -0.15) is 0 Å². The number of benzene rings is 1. The molecule has 0 N–H and O–H groups in total. The maximum absolute atomic E-state index is 5.21. The zero-order chi connectivity index (χ0) is 10.5. The molecule has 0 aromatic heterocycles. The summed E-state index contributed by atoms with van der Waals surface area (Å²) in [6.07, 6.45) is 3.32. The van der Waals surface area contributed by atoms with Crippen LogP contribution in [0, 0.1) is 5.92 Å². The van der Waals surface area contributed by atoms with Gasteiger partial charge in [0.05, 0.1) is 7.11 Å². The third-order valence-corrected chi connectivity index (χ3v) is 2.89. The minimum Gasteiger partial charge on any atom is -0.484 e. The second kappa shape index (κ2) is 4.96. The van der Waals surface area contributed by atoms with Crippen LogP contribution in [0.4, 0.5) is 0 Å². The minimum atomic E-state index is 0.694. The van der Waals surface area contributed by atoms with E-state index < -0.39 is 0 Å². The molecule has 1 unspecified atom stereocenters. The molecule has 1 heterocycles. The van der Waals surface area contributed by atoms with Crippen LogP contribution in [0.2, 0.25) is 0 Å². The van der Waals surface area contributed by atoms with Gasteiger partial charge in [0.2, 0.25) is 0 Å². The maximum atomic E-state index is 5.21. The zero-order valence-electron chi connectivity index (χ0n) is 9.15. The molecule has 0 fully saturated rings. The number of ether oxygens (including phenoxy) is 1. The number of hydrogen-bond acceptors (Lipinski definition) is 2. The monoisotopic (exact) mass is 203 g/mol. The number of aliphatic imine (C=N–C) groups is 1. The average Bonchev–Trinajstić information content (AvgIpc) is 2.31. The Balaban J connectivity index is 1.94. The van der Waals surface area contributed by atoms with Gasteiger partial charge in [0.15, 0.2) is 5.90 Å². The van der Waals surface area contributed by atoms with Crippen LogP contribution in [0.3, 0.4) is 0 Å². The molecule has 0 saturated heterocycles. The number of methoxy groups -OCH3 is 1. The molecule has 80 valence electrons. The Morgan fingerprint density at radius 3 is 2.87 bits per heavy atom. The van der Waals surface area contributed by atoms with Crippen LogP contribution in [0.25, 0.3) is 0 Å². The Hall–Kier alpha value is -1.31. The SMILES string of the molecule is COC1=NCCC(Cc2ccccc2)C1. The van der Waals surface area contributed by atoms with Gasteiger partial charge in [-0.25, -0.2) is 0 Å². The molecular weight excluding hydrogens is 186 g/mol. The Morgan fingerprint density at radius 2 is 2.13 bits per heavy atom. The first-order valence-electron chi connectivity index (χ1n) is 5.49. The summed E-state index contributed by atoms with van der Waals surface area (Å²) in [5.41, 5.74) is 1.42. The molecule has 0 bridgehead atoms. The summed E-state index contributed by atoms with van der Waals surface area (Å²) in [7, 11) is 1.71. The largest absolute Gasteiger partial charge is 0.484 e. The van der Waals surface area contributed by atoms with E-state index in [0.717, 1.165) is 25.3 Å². The summed E-state index contributed by atoms with van der Waals surface area (Å²) in [5, 5.41) is 0. The number of hydrogen-bond donors (Lipinski definition) is 0. The molecule has 2 nitrogen and oxygen atoms in total. The predicted molar refractivity (Wildman–Crippen MR) is 62.2 cm³/mol. The second-order valence-electron chi connectivity index (χ2n) is 4.03. The van der Waals surface area contributed by atoms with Crippen LogP contribution in [0.5, 0.6) is 0 Å². The van der Waals surface area contributed by atoms with Gasteiger partial charge in [-0.15, -0.1) is 0 Å². The van der Waals surface area contributed by atoms with Gasteiger partial charge in [-0.1, -0.05) is 30.3 Å². The molecule has 0 aliphatic carbocycles. The van der Waals surface area contributed by atoms with Crippen molar-refractivity contribution in [3.05, 3.63) is 35.9 Å². The predicted octanol–water partition coefficient (Wildman–Crippen LogP) is 2.68. The first kappa shape index (κ1) is 10.2. The first-order chi connectivity index (χ1) is 7.38. The third-order valence-electron chi connectivity index (χ3n) is 2.89. The molecule has 0 radical (unpaired) electrons. The highest BCUT2D eigenvalue weighted by atomic mass is 16.5. The Labute approximate surface area is 91.0 Å². The van der Waals surface area contributed by atoms with Gasteiger partial charge >= 0.3 is 0 Å². The lowest BCUT2D eigenvalue weighted by Gasteiger charge is -2.20. The van der Waals surface area contributed by atoms with Gasteiger partial charge in [0.1, 0.15) is 0 Å². The van der Waals surface area contributed by atoms with Crippen molar-refractivity contribution in [2.75, 3.05) is 13.7 Å². The molecule has 1 aliphatic heterocycles. The first-order valence-corrected chi connectivity index (χ1v) is 5.49. The van der Waals surface area contributed by atoms with Crippen LogP contribution in [0.15, 0.2) is 35.3 Å². The summed E-state index contributed by atoms with van der Waals surface area (Å²) >= 11 is 0. The normalized spacial score (nSPS) is 20.9. The molecule has 1 aliphatic rings. The van der Waals surface area contributed by atoms with Crippen LogP contribution in [0.1, 0.15) is 18.4 Å². The minimum absolute atomic E-state index is 0.694. The van der Waals surface area contributed by atoms with Gasteiger partial charge in [0.25, 0.3) is 0 Å². The highest BCUT2D eigenvalue weighted by molar-refractivity contribution is 5.76. The van der Waals surface area contributed by atoms with Crippen molar-refractivity contribution < 1.29 is 4.74 Å². The van der Waals surface area contributed by atoms with Crippen molar-refractivity contribution in [3.8, 4) is 0 Å². The van der Waals surface area contributed by atoms with Crippen molar-refractivity contribution in [2.24, 2.45) is 10.9 Å². The highest BCUT2D eigenvalue weighted by Crippen LogP contribution is 2.20. The van der Waals surface area contributed by atoms with Crippen molar-refractivity contribution in [3.63, 3.8) is 0 Å². The van der Waals surface area contributed by atoms with E-state index in [0.29, 0.717) is 5.92 Å². The average molecular weight is 203 g/mol. The number of rotatable bonds is 2. The molecule has 0 spiro atoms. The molecule has 1 atom stereocenters. The van der Waals surface area contributed by atoms with Crippen LogP contribution < -0.4 is 0 Å². The summed E-state index contributed by atoms with van der Waals surface area (Å²) < 4.78 is 5.21. The zero-order valence-corrected chi connectivity index (χ0v) is 9.15. The lowest BCUT2D eigenvalue weighted by atomic mass is 9.91. The third kappa shape index (κ3) is 2.82. The van der Waals surface area contributed by atoms with Gasteiger partial charge < -0.3 is 4.74 Å². The summed E-state index contributed by atoms with van der Waals surface area (Å²) in [6, 6.07) is 10.6. The van der Waals surface area contributed by atoms with E-state index >= 15 is 0 Å². The van der Waals surface area contributed by atoms with E-state index in [1.807, 2.05) is 0 Å². The fourth-order valence-electron chi connectivity index (χ4n) is 2.05. The maximum Gasteiger partial charge on any atom is 0.183 e. The summed E-state index contributed by atoms with van der Waals surface area (Å²) in [4.78, 5) is 4.33. The lowest BCUT2D eigenvalue weighted by molar-refractivity contribution is 0.350. The Kier molecular flexibility index (Phi) is 3.38. The van der Waals surface area contributed by atoms with Crippen LogP contribution >= 0.6 is 0 Å². The molecule has 2 heteroatoms. The molecule has 1 aromatic rings. The summed E-state index contributed by atoms with van der Waals surface area (Å²) in [5.74, 6) is 1.61. The van der Waals surface area contributed by atoms with E-state index in [-0.39, 0.29) is 0 Å². The van der Waals surface area contributed by atoms with Gasteiger partial charge in [0, 0.05) is 13.0 Å². The molecule has 2 rings (SSSR count). The molecule has 0 amide bonds. The van der Waals surface area contributed by atoms with Crippen molar-refractivity contribution in [1.82, 2.24) is 0 Å². The highest BCUT2D eigenvalue weighted by Gasteiger charge is 2.17. The van der Waals surface area contributed by atoms with E-state index in [9.17, 15) is 0 Å². The fourth-order valence-corrected chi connectivity index (χ4v) is 2.05. The van der Waals surface area contributed by atoms with Crippen molar-refractivity contribution in [1.29, 1.82) is 0 Å². The topological polar surface area (TPSA) is 21.6 Å². The van der Waals surface area contributed by atoms with E-state index in [1.54, 1.807) is 7.11 Å². The van der Waals surface area contributed by atoms with Crippen LogP contribution in [-0.2, 0) is 11.2 Å². The Morgan fingerprint density at radius 1 is 1.33 bits per heavy atom. The van der Waals surface area contributed by atoms with Gasteiger partial charge in [-0.05, 0) is 24.3 Å². The lowest BCUT2D eigenvalue weighted by Crippen LogP contribution is -2.19. The molecule has 0 saturated carbocycles. The smallest absolute Gasteiger partial charge is 0.183 e.